The molecule has 7 heteroatoms. The van der Waals surface area contributed by atoms with Crippen LogP contribution in [0.15, 0.2) is 47.6 Å². The molecule has 0 aliphatic rings. The Hall–Kier alpha value is -1.79. The zero-order chi connectivity index (χ0) is 15.3. The quantitative estimate of drug-likeness (QED) is 0.854. The number of hydrogen-bond donors (Lipinski definition) is 2. The fourth-order valence-corrected chi connectivity index (χ4v) is 3.02. The largest absolute Gasteiger partial charge is 0.383 e. The lowest BCUT2D eigenvalue weighted by Gasteiger charge is -2.12. The third kappa shape index (κ3) is 4.09. The summed E-state index contributed by atoms with van der Waals surface area (Å²) in [5, 5.41) is 3.58. The first-order valence-corrected chi connectivity index (χ1v) is 8.36. The van der Waals surface area contributed by atoms with Crippen molar-refractivity contribution in [1.82, 2.24) is 4.98 Å². The summed E-state index contributed by atoms with van der Waals surface area (Å²) < 4.78 is 27.3. The molecule has 0 fully saturated rings. The lowest BCUT2D eigenvalue weighted by molar-refractivity contribution is 0.598. The van der Waals surface area contributed by atoms with E-state index in [0.29, 0.717) is 22.9 Å². The molecule has 0 bridgehead atoms. The van der Waals surface area contributed by atoms with Gasteiger partial charge >= 0.3 is 0 Å². The fraction of sp³-hybridized carbons (Fsp3) is 0.214. The minimum atomic E-state index is -3.75. The Bertz CT molecular complexity index is 702. The zero-order valence-electron chi connectivity index (χ0n) is 11.5. The Morgan fingerprint density at radius 3 is 2.57 bits per heavy atom. The maximum Gasteiger partial charge on any atom is 0.281 e. The molecule has 0 amide bonds. The molecule has 0 spiro atoms. The van der Waals surface area contributed by atoms with Crippen molar-refractivity contribution in [3.8, 4) is 0 Å². The second kappa shape index (κ2) is 6.78. The van der Waals surface area contributed by atoms with E-state index in [9.17, 15) is 8.42 Å². The van der Waals surface area contributed by atoms with Gasteiger partial charge in [-0.2, -0.15) is 8.42 Å². The van der Waals surface area contributed by atoms with Crippen LogP contribution in [0, 0.1) is 0 Å². The first-order valence-electron chi connectivity index (χ1n) is 6.50. The van der Waals surface area contributed by atoms with E-state index >= 15 is 0 Å². The number of pyridine rings is 1. The molecule has 0 radical (unpaired) electrons. The summed E-state index contributed by atoms with van der Waals surface area (Å²) in [5.74, 6) is 0. The number of hydrogen-bond acceptors (Lipinski definition) is 4. The number of aromatic nitrogens is 1. The van der Waals surface area contributed by atoms with Gasteiger partial charge in [0.2, 0.25) is 0 Å². The van der Waals surface area contributed by atoms with E-state index in [1.807, 2.05) is 6.92 Å². The average molecular weight is 326 g/mol. The molecule has 1 aromatic carbocycles. The van der Waals surface area contributed by atoms with Crippen molar-refractivity contribution in [3.63, 3.8) is 0 Å². The van der Waals surface area contributed by atoms with Crippen LogP contribution in [0.2, 0.25) is 5.02 Å². The van der Waals surface area contributed by atoms with E-state index in [-0.39, 0.29) is 5.03 Å². The summed E-state index contributed by atoms with van der Waals surface area (Å²) >= 11 is 5.78. The van der Waals surface area contributed by atoms with Crippen LogP contribution in [-0.2, 0) is 10.0 Å². The number of anilines is 2. The summed E-state index contributed by atoms with van der Waals surface area (Å²) in [6.07, 6.45) is 2.34. The van der Waals surface area contributed by atoms with Crippen molar-refractivity contribution >= 4 is 33.0 Å². The first kappa shape index (κ1) is 15.6. The highest BCUT2D eigenvalue weighted by atomic mass is 35.5. The van der Waals surface area contributed by atoms with Crippen LogP contribution in [0.5, 0.6) is 0 Å². The highest BCUT2D eigenvalue weighted by Gasteiger charge is 2.20. The van der Waals surface area contributed by atoms with Crippen molar-refractivity contribution < 1.29 is 8.42 Å². The number of nitrogens with zero attached hydrogens (tertiary/aromatic N) is 1. The first-order chi connectivity index (χ1) is 10.0. The fourth-order valence-electron chi connectivity index (χ4n) is 1.72. The zero-order valence-corrected chi connectivity index (χ0v) is 13.1. The van der Waals surface area contributed by atoms with Gasteiger partial charge in [-0.15, -0.1) is 0 Å². The van der Waals surface area contributed by atoms with Crippen molar-refractivity contribution in [2.45, 2.75) is 18.4 Å². The number of halogens is 1. The van der Waals surface area contributed by atoms with Gasteiger partial charge in [-0.25, -0.2) is 4.98 Å². The highest BCUT2D eigenvalue weighted by molar-refractivity contribution is 7.92. The van der Waals surface area contributed by atoms with E-state index < -0.39 is 10.0 Å². The topological polar surface area (TPSA) is 71.1 Å². The van der Waals surface area contributed by atoms with E-state index in [1.165, 1.54) is 6.20 Å². The number of sulfonamides is 1. The van der Waals surface area contributed by atoms with Crippen LogP contribution in [0.1, 0.15) is 13.3 Å². The lowest BCUT2D eigenvalue weighted by Crippen LogP contribution is -2.17. The highest BCUT2D eigenvalue weighted by Crippen LogP contribution is 2.22. The predicted molar refractivity (Wildman–Crippen MR) is 85.3 cm³/mol. The molecule has 1 heterocycles. The lowest BCUT2D eigenvalue weighted by atomic mass is 10.3. The third-order valence-electron chi connectivity index (χ3n) is 2.69. The summed E-state index contributed by atoms with van der Waals surface area (Å²) in [6, 6.07) is 9.82. The third-order valence-corrected chi connectivity index (χ3v) is 4.28. The van der Waals surface area contributed by atoms with Gasteiger partial charge in [0.25, 0.3) is 10.0 Å². The standard InChI is InChI=1S/C14H16ClN3O2S/c1-2-9-16-13-4-3-10-17-14(13)21(19,20)18-12-7-5-11(15)6-8-12/h3-8,10,16,18H,2,9H2,1H3. The van der Waals surface area contributed by atoms with Gasteiger partial charge in [-0.1, -0.05) is 18.5 Å². The second-order valence-corrected chi connectivity index (χ2v) is 6.43. The van der Waals surface area contributed by atoms with Crippen molar-refractivity contribution in [1.29, 1.82) is 0 Å². The van der Waals surface area contributed by atoms with Crippen LogP contribution >= 0.6 is 11.6 Å². The van der Waals surface area contributed by atoms with Crippen LogP contribution in [-0.4, -0.2) is 19.9 Å². The Balaban J connectivity index is 2.29. The van der Waals surface area contributed by atoms with Gasteiger partial charge in [-0.05, 0) is 42.8 Å². The minimum Gasteiger partial charge on any atom is -0.383 e. The maximum absolute atomic E-state index is 12.4. The molecule has 0 unspecified atom stereocenters. The Labute approximate surface area is 129 Å². The van der Waals surface area contributed by atoms with Gasteiger partial charge in [0, 0.05) is 23.5 Å². The number of nitrogens with one attached hydrogen (secondary N) is 2. The Kier molecular flexibility index (Phi) is 5.03. The second-order valence-electron chi connectivity index (χ2n) is 4.40. The molecule has 112 valence electrons. The van der Waals surface area contributed by atoms with E-state index in [4.69, 9.17) is 11.6 Å². The number of benzene rings is 1. The SMILES string of the molecule is CCCNc1cccnc1S(=O)(=O)Nc1ccc(Cl)cc1. The molecule has 0 aliphatic carbocycles. The van der Waals surface area contributed by atoms with Gasteiger partial charge in [0.15, 0.2) is 5.03 Å². The summed E-state index contributed by atoms with van der Waals surface area (Å²) in [5.41, 5.74) is 0.923. The van der Waals surface area contributed by atoms with Crippen molar-refractivity contribution in [2.24, 2.45) is 0 Å². The molecule has 0 aliphatic heterocycles. The van der Waals surface area contributed by atoms with E-state index in [2.05, 4.69) is 15.0 Å². The van der Waals surface area contributed by atoms with Gasteiger partial charge in [0.05, 0.1) is 5.69 Å². The number of rotatable bonds is 6. The van der Waals surface area contributed by atoms with Crippen LogP contribution < -0.4 is 10.0 Å². The molecule has 2 N–H and O–H groups in total. The van der Waals surface area contributed by atoms with Crippen molar-refractivity contribution in [2.75, 3.05) is 16.6 Å². The monoisotopic (exact) mass is 325 g/mol. The van der Waals surface area contributed by atoms with E-state index in [0.717, 1.165) is 6.42 Å². The van der Waals surface area contributed by atoms with Gasteiger partial charge < -0.3 is 5.32 Å². The molecule has 21 heavy (non-hydrogen) atoms. The molecule has 5 nitrogen and oxygen atoms in total. The predicted octanol–water partition coefficient (Wildman–Crippen LogP) is 3.36. The van der Waals surface area contributed by atoms with Crippen LogP contribution in [0.3, 0.4) is 0 Å². The van der Waals surface area contributed by atoms with Crippen LogP contribution in [0.4, 0.5) is 11.4 Å². The molecule has 0 saturated heterocycles. The van der Waals surface area contributed by atoms with Crippen molar-refractivity contribution in [3.05, 3.63) is 47.6 Å². The van der Waals surface area contributed by atoms with Gasteiger partial charge in [-0.3, -0.25) is 4.72 Å². The average Bonchev–Trinajstić information content (AvgIpc) is 2.47. The molecular formula is C14H16ClN3O2S. The molecular weight excluding hydrogens is 310 g/mol. The summed E-state index contributed by atoms with van der Waals surface area (Å²) in [7, 11) is -3.75. The molecule has 0 saturated carbocycles. The maximum atomic E-state index is 12.4. The smallest absolute Gasteiger partial charge is 0.281 e. The normalized spacial score (nSPS) is 11.1. The Morgan fingerprint density at radius 2 is 1.90 bits per heavy atom. The molecule has 2 aromatic rings. The molecule has 0 atom stereocenters. The molecule has 1 aromatic heterocycles. The van der Waals surface area contributed by atoms with Gasteiger partial charge in [0.1, 0.15) is 0 Å². The van der Waals surface area contributed by atoms with Crippen LogP contribution in [0.25, 0.3) is 0 Å². The van der Waals surface area contributed by atoms with E-state index in [1.54, 1.807) is 36.4 Å². The summed E-state index contributed by atoms with van der Waals surface area (Å²) in [6.45, 7) is 2.68. The molecule has 2 rings (SSSR count). The Morgan fingerprint density at radius 1 is 1.19 bits per heavy atom. The minimum absolute atomic E-state index is 0.0200. The summed E-state index contributed by atoms with van der Waals surface area (Å²) in [4.78, 5) is 3.98.